The maximum Gasteiger partial charge on any atom is 0.274 e. The van der Waals surface area contributed by atoms with E-state index in [4.69, 9.17) is 4.74 Å². The molecule has 1 amide bonds. The fourth-order valence-corrected chi connectivity index (χ4v) is 3.92. The first-order valence-electron chi connectivity index (χ1n) is 9.57. The number of carbonyl (C=O) groups excluding carboxylic acids is 1. The number of nitrogens with zero attached hydrogens (tertiary/aromatic N) is 3. The summed E-state index contributed by atoms with van der Waals surface area (Å²) in [6.45, 7) is 4.74. The summed E-state index contributed by atoms with van der Waals surface area (Å²) in [6.07, 6.45) is 6.71. The van der Waals surface area contributed by atoms with Crippen LogP contribution in [-0.4, -0.2) is 44.7 Å². The molecule has 6 nitrogen and oxygen atoms in total. The van der Waals surface area contributed by atoms with Gasteiger partial charge in [0.25, 0.3) is 5.91 Å². The van der Waals surface area contributed by atoms with E-state index in [2.05, 4.69) is 15.2 Å². The summed E-state index contributed by atoms with van der Waals surface area (Å²) in [5.41, 5.74) is 3.58. The third-order valence-electron chi connectivity index (χ3n) is 5.55. The molecule has 0 bridgehead atoms. The van der Waals surface area contributed by atoms with Crippen LogP contribution in [0.2, 0.25) is 0 Å². The number of rotatable bonds is 5. The van der Waals surface area contributed by atoms with E-state index in [9.17, 15) is 4.79 Å². The Morgan fingerprint density at radius 2 is 2.19 bits per heavy atom. The van der Waals surface area contributed by atoms with Crippen molar-refractivity contribution in [2.75, 3.05) is 6.54 Å². The van der Waals surface area contributed by atoms with Crippen LogP contribution in [0.1, 0.15) is 66.7 Å². The van der Waals surface area contributed by atoms with Crippen molar-refractivity contribution in [2.24, 2.45) is 0 Å². The first kappa shape index (κ1) is 17.2. The summed E-state index contributed by atoms with van der Waals surface area (Å²) in [5.74, 6) is 0.0458. The summed E-state index contributed by atoms with van der Waals surface area (Å²) in [5, 5.41) is 7.43. The fraction of sp³-hybridized carbons (Fsp3) is 0.550. The summed E-state index contributed by atoms with van der Waals surface area (Å²) in [7, 11) is 0. The Bertz CT molecular complexity index is 769. The number of aromatic amines is 1. The molecule has 2 aliphatic rings. The lowest BCUT2D eigenvalue weighted by Crippen LogP contribution is -2.45. The minimum absolute atomic E-state index is 0.0458. The van der Waals surface area contributed by atoms with Crippen LogP contribution in [0.15, 0.2) is 24.4 Å². The summed E-state index contributed by atoms with van der Waals surface area (Å²) >= 11 is 0. The number of carbonyl (C=O) groups is 1. The van der Waals surface area contributed by atoms with E-state index in [1.54, 1.807) is 6.20 Å². The Hall–Kier alpha value is -2.21. The lowest BCUT2D eigenvalue weighted by Gasteiger charge is -2.37. The van der Waals surface area contributed by atoms with Gasteiger partial charge < -0.3 is 9.64 Å². The average Bonchev–Trinajstić information content (AvgIpc) is 3.01. The molecule has 3 heterocycles. The highest BCUT2D eigenvalue weighted by Crippen LogP contribution is 2.32. The molecule has 2 aromatic heterocycles. The van der Waals surface area contributed by atoms with E-state index in [1.165, 1.54) is 6.42 Å². The lowest BCUT2D eigenvalue weighted by molar-refractivity contribution is -0.00706. The smallest absolute Gasteiger partial charge is 0.274 e. The van der Waals surface area contributed by atoms with Gasteiger partial charge in [0.05, 0.1) is 17.9 Å². The molecule has 1 aliphatic heterocycles. The Kier molecular flexibility index (Phi) is 4.76. The van der Waals surface area contributed by atoms with Crippen molar-refractivity contribution in [1.29, 1.82) is 0 Å². The molecule has 138 valence electrons. The minimum Gasteiger partial charge on any atom is -0.369 e. The highest BCUT2D eigenvalue weighted by Gasteiger charge is 2.35. The van der Waals surface area contributed by atoms with E-state index < -0.39 is 0 Å². The number of ether oxygens (including phenoxy) is 1. The summed E-state index contributed by atoms with van der Waals surface area (Å²) in [6, 6.07) is 6.25. The molecule has 1 fully saturated rings. The standard InChI is InChI=1S/C20H26N4O2/c1-13-12-17-18(14(2)26-13)22-23-19(17)20(25)24(16-7-5-8-16)11-9-15-6-3-4-10-21-15/h3-4,6,10,13-14,16H,5,7-9,11-12H2,1-2H3,(H,22,23)/t13-,14+/m1/s1. The maximum absolute atomic E-state index is 13.3. The van der Waals surface area contributed by atoms with Crippen molar-refractivity contribution >= 4 is 5.91 Å². The summed E-state index contributed by atoms with van der Waals surface area (Å²) < 4.78 is 5.85. The molecule has 26 heavy (non-hydrogen) atoms. The minimum atomic E-state index is -0.0477. The first-order valence-corrected chi connectivity index (χ1v) is 9.57. The number of pyridine rings is 1. The van der Waals surface area contributed by atoms with Crippen LogP contribution in [0.3, 0.4) is 0 Å². The van der Waals surface area contributed by atoms with E-state index in [0.717, 1.165) is 42.6 Å². The van der Waals surface area contributed by atoms with Gasteiger partial charge in [0.1, 0.15) is 0 Å². The molecule has 2 aromatic rings. The number of amides is 1. The number of H-pyrrole nitrogens is 1. The second-order valence-corrected chi connectivity index (χ2v) is 7.41. The van der Waals surface area contributed by atoms with Gasteiger partial charge in [0.15, 0.2) is 5.69 Å². The highest BCUT2D eigenvalue weighted by atomic mass is 16.5. The largest absolute Gasteiger partial charge is 0.369 e. The Morgan fingerprint density at radius 1 is 1.35 bits per heavy atom. The topological polar surface area (TPSA) is 71.1 Å². The molecule has 1 saturated carbocycles. The predicted molar refractivity (Wildman–Crippen MR) is 97.9 cm³/mol. The second-order valence-electron chi connectivity index (χ2n) is 7.41. The van der Waals surface area contributed by atoms with Crippen molar-refractivity contribution in [3.8, 4) is 0 Å². The number of aromatic nitrogens is 3. The zero-order valence-corrected chi connectivity index (χ0v) is 15.4. The molecule has 0 radical (unpaired) electrons. The molecule has 6 heteroatoms. The van der Waals surface area contributed by atoms with Crippen molar-refractivity contribution in [1.82, 2.24) is 20.1 Å². The zero-order valence-electron chi connectivity index (χ0n) is 15.4. The van der Waals surface area contributed by atoms with Crippen LogP contribution >= 0.6 is 0 Å². The zero-order chi connectivity index (χ0) is 18.1. The Morgan fingerprint density at radius 3 is 2.88 bits per heavy atom. The SMILES string of the molecule is C[C@@H]1Cc2c(C(=O)N(CCc3ccccn3)C3CCC3)n[nH]c2[C@H](C)O1. The number of hydrogen-bond donors (Lipinski definition) is 1. The van der Waals surface area contributed by atoms with E-state index in [0.29, 0.717) is 18.3 Å². The lowest BCUT2D eigenvalue weighted by atomic mass is 9.90. The van der Waals surface area contributed by atoms with Crippen LogP contribution in [0.4, 0.5) is 0 Å². The molecular weight excluding hydrogens is 328 g/mol. The molecule has 0 aromatic carbocycles. The van der Waals surface area contributed by atoms with Gasteiger partial charge in [-0.25, -0.2) is 0 Å². The first-order chi connectivity index (χ1) is 12.6. The van der Waals surface area contributed by atoms with Gasteiger partial charge in [-0.15, -0.1) is 0 Å². The van der Waals surface area contributed by atoms with Gasteiger partial charge in [0.2, 0.25) is 0 Å². The second kappa shape index (κ2) is 7.19. The van der Waals surface area contributed by atoms with Crippen LogP contribution in [0.5, 0.6) is 0 Å². The van der Waals surface area contributed by atoms with E-state index >= 15 is 0 Å². The normalized spacial score (nSPS) is 22.5. The van der Waals surface area contributed by atoms with Crippen LogP contribution < -0.4 is 0 Å². The van der Waals surface area contributed by atoms with Gasteiger partial charge >= 0.3 is 0 Å². The third-order valence-corrected chi connectivity index (χ3v) is 5.55. The predicted octanol–water partition coefficient (Wildman–Crippen LogP) is 3.06. The number of hydrogen-bond acceptors (Lipinski definition) is 4. The molecule has 0 saturated heterocycles. The molecule has 0 unspecified atom stereocenters. The third kappa shape index (κ3) is 3.26. The van der Waals surface area contributed by atoms with E-state index in [-0.39, 0.29) is 18.1 Å². The molecule has 1 aliphatic carbocycles. The maximum atomic E-state index is 13.3. The Balaban J connectivity index is 1.55. The molecule has 4 rings (SSSR count). The molecule has 2 atom stereocenters. The number of nitrogens with one attached hydrogen (secondary N) is 1. The molecule has 0 spiro atoms. The molecular formula is C20H26N4O2. The van der Waals surface area contributed by atoms with Crippen LogP contribution in [0.25, 0.3) is 0 Å². The monoisotopic (exact) mass is 354 g/mol. The van der Waals surface area contributed by atoms with Crippen LogP contribution in [-0.2, 0) is 17.6 Å². The number of fused-ring (bicyclic) bond motifs is 1. The van der Waals surface area contributed by atoms with Gasteiger partial charge in [0, 0.05) is 42.9 Å². The van der Waals surface area contributed by atoms with Crippen molar-refractivity contribution in [2.45, 2.75) is 64.2 Å². The van der Waals surface area contributed by atoms with E-state index in [1.807, 2.05) is 36.9 Å². The van der Waals surface area contributed by atoms with Crippen molar-refractivity contribution in [3.63, 3.8) is 0 Å². The van der Waals surface area contributed by atoms with Gasteiger partial charge in [-0.2, -0.15) is 5.10 Å². The van der Waals surface area contributed by atoms with Crippen molar-refractivity contribution in [3.05, 3.63) is 47.0 Å². The van der Waals surface area contributed by atoms with Gasteiger partial charge in [-0.1, -0.05) is 6.07 Å². The summed E-state index contributed by atoms with van der Waals surface area (Å²) in [4.78, 5) is 19.7. The quantitative estimate of drug-likeness (QED) is 0.896. The fourth-order valence-electron chi connectivity index (χ4n) is 3.92. The van der Waals surface area contributed by atoms with Crippen LogP contribution in [0, 0.1) is 0 Å². The van der Waals surface area contributed by atoms with Gasteiger partial charge in [-0.3, -0.25) is 14.9 Å². The Labute approximate surface area is 154 Å². The van der Waals surface area contributed by atoms with Gasteiger partial charge in [-0.05, 0) is 45.2 Å². The van der Waals surface area contributed by atoms with Crippen molar-refractivity contribution < 1.29 is 9.53 Å². The average molecular weight is 354 g/mol. The highest BCUT2D eigenvalue weighted by molar-refractivity contribution is 5.94. The molecule has 1 N–H and O–H groups in total.